The van der Waals surface area contributed by atoms with Crippen LogP contribution in [0.3, 0.4) is 0 Å². The molecule has 0 unspecified atom stereocenters. The first-order valence-corrected chi connectivity index (χ1v) is 14.6. The van der Waals surface area contributed by atoms with Crippen molar-refractivity contribution in [3.63, 3.8) is 0 Å². The van der Waals surface area contributed by atoms with Crippen molar-refractivity contribution >= 4 is 17.5 Å². The van der Waals surface area contributed by atoms with Gasteiger partial charge in [-0.15, -0.1) is 10.2 Å². The van der Waals surface area contributed by atoms with Crippen LogP contribution in [0.1, 0.15) is 66.9 Å². The van der Waals surface area contributed by atoms with Gasteiger partial charge >= 0.3 is 0 Å². The van der Waals surface area contributed by atoms with Crippen molar-refractivity contribution in [2.24, 2.45) is 5.92 Å². The van der Waals surface area contributed by atoms with Crippen molar-refractivity contribution in [1.82, 2.24) is 25.1 Å². The number of aryl methyl sites for hydroxylation is 2. The van der Waals surface area contributed by atoms with E-state index in [4.69, 9.17) is 14.1 Å². The molecular weight excluding hydrogens is 551 g/mol. The predicted octanol–water partition coefficient (Wildman–Crippen LogP) is 4.98. The van der Waals surface area contributed by atoms with Crippen molar-refractivity contribution in [1.29, 1.82) is 0 Å². The lowest BCUT2D eigenvalue weighted by Crippen LogP contribution is -2.52. The highest BCUT2D eigenvalue weighted by Crippen LogP contribution is 2.62. The highest BCUT2D eigenvalue weighted by atomic mass is 19.1. The summed E-state index contributed by atoms with van der Waals surface area (Å²) in [5.41, 5.74) is 3.82. The number of pyridine rings is 2. The standard InChI is InChI=1S/C32H29FN6O4/c1-5-21-25(28-37-36-16(2)42-28)24(26-27(35-21)32-11-17(12-32)14-39(32)29(26)40)18-6-9-22-23(10-18)43-31(3,4)30(41)38(22)15-20-8-7-19(33)13-34-20/h6-10,13,17H,5,11-12,14-15H2,1-4H3. The molecule has 2 amide bonds. The molecular formula is C32H29FN6O4. The molecule has 0 radical (unpaired) electrons. The molecule has 1 saturated carbocycles. The molecule has 2 saturated heterocycles. The first-order chi connectivity index (χ1) is 20.6. The van der Waals surface area contributed by atoms with E-state index in [1.165, 1.54) is 6.07 Å². The maximum absolute atomic E-state index is 14.1. The summed E-state index contributed by atoms with van der Waals surface area (Å²) in [5, 5.41) is 8.43. The number of amides is 2. The van der Waals surface area contributed by atoms with Gasteiger partial charge in [-0.05, 0) is 68.9 Å². The Hall–Kier alpha value is -4.67. The zero-order valence-corrected chi connectivity index (χ0v) is 24.3. The first-order valence-electron chi connectivity index (χ1n) is 14.6. The Balaban J connectivity index is 1.33. The molecule has 3 fully saturated rings. The number of ether oxygens (including phenoxy) is 1. The number of benzene rings is 1. The largest absolute Gasteiger partial charge is 0.476 e. The number of hydrogen-bond donors (Lipinski definition) is 0. The molecule has 1 spiro atoms. The van der Waals surface area contributed by atoms with E-state index in [9.17, 15) is 14.0 Å². The van der Waals surface area contributed by atoms with Crippen molar-refractivity contribution in [3.8, 4) is 28.3 Å². The molecule has 2 bridgehead atoms. The quantitative estimate of drug-likeness (QED) is 0.325. The lowest BCUT2D eigenvalue weighted by molar-refractivity contribution is -0.132. The number of rotatable bonds is 5. The Morgan fingerprint density at radius 2 is 1.88 bits per heavy atom. The van der Waals surface area contributed by atoms with Crippen LogP contribution in [0.5, 0.6) is 5.75 Å². The van der Waals surface area contributed by atoms with E-state index >= 15 is 0 Å². The Bertz CT molecular complexity index is 1860. The summed E-state index contributed by atoms with van der Waals surface area (Å²) in [6, 6.07) is 8.46. The predicted molar refractivity (Wildman–Crippen MR) is 153 cm³/mol. The van der Waals surface area contributed by atoms with Crippen LogP contribution in [0.2, 0.25) is 0 Å². The minimum absolute atomic E-state index is 0.0317. The number of carbonyl (C=O) groups is 2. The summed E-state index contributed by atoms with van der Waals surface area (Å²) in [4.78, 5) is 40.5. The van der Waals surface area contributed by atoms with E-state index in [1.807, 2.05) is 30.0 Å². The molecule has 1 aliphatic carbocycles. The van der Waals surface area contributed by atoms with Crippen LogP contribution in [-0.2, 0) is 23.3 Å². The van der Waals surface area contributed by atoms with E-state index < -0.39 is 11.4 Å². The lowest BCUT2D eigenvalue weighted by Gasteiger charge is -2.39. The Kier molecular flexibility index (Phi) is 5.25. The van der Waals surface area contributed by atoms with E-state index in [2.05, 4.69) is 15.2 Å². The average molecular weight is 581 g/mol. The van der Waals surface area contributed by atoms with Gasteiger partial charge in [0.2, 0.25) is 11.8 Å². The summed E-state index contributed by atoms with van der Waals surface area (Å²) in [6.45, 7) is 8.07. The van der Waals surface area contributed by atoms with Crippen molar-refractivity contribution in [2.45, 2.75) is 64.6 Å². The second kappa shape index (κ2) is 8.68. The Morgan fingerprint density at radius 1 is 1.07 bits per heavy atom. The van der Waals surface area contributed by atoms with Crippen LogP contribution in [0.4, 0.5) is 10.1 Å². The fourth-order valence-corrected chi connectivity index (χ4v) is 7.31. The third kappa shape index (κ3) is 3.56. The molecule has 10 nitrogen and oxygen atoms in total. The van der Waals surface area contributed by atoms with Crippen molar-refractivity contribution < 1.29 is 23.1 Å². The molecule has 9 rings (SSSR count). The van der Waals surface area contributed by atoms with Crippen molar-refractivity contribution in [3.05, 3.63) is 70.9 Å². The summed E-state index contributed by atoms with van der Waals surface area (Å²) in [5.74, 6) is 0.997. The molecule has 5 aliphatic rings. The number of hydrogen-bond acceptors (Lipinski definition) is 8. The van der Waals surface area contributed by atoms with E-state index in [0.29, 0.717) is 57.9 Å². The molecule has 11 heteroatoms. The molecule has 3 aromatic heterocycles. The second-order valence-electron chi connectivity index (χ2n) is 12.4. The van der Waals surface area contributed by atoms with Gasteiger partial charge in [0.25, 0.3) is 11.8 Å². The normalized spacial score (nSPS) is 22.7. The Morgan fingerprint density at radius 3 is 2.58 bits per heavy atom. The van der Waals surface area contributed by atoms with Crippen LogP contribution in [0, 0.1) is 18.7 Å². The van der Waals surface area contributed by atoms with Gasteiger partial charge in [-0.3, -0.25) is 24.5 Å². The molecule has 218 valence electrons. The van der Waals surface area contributed by atoms with E-state index in [0.717, 1.165) is 42.5 Å². The number of halogens is 1. The molecule has 7 heterocycles. The zero-order valence-electron chi connectivity index (χ0n) is 24.3. The van der Waals surface area contributed by atoms with Crippen LogP contribution < -0.4 is 9.64 Å². The lowest BCUT2D eigenvalue weighted by atomic mass is 9.70. The fraction of sp³-hybridized carbons (Fsp3) is 0.375. The highest BCUT2D eigenvalue weighted by molar-refractivity contribution is 6.10. The van der Waals surface area contributed by atoms with Gasteiger partial charge in [-0.1, -0.05) is 13.0 Å². The van der Waals surface area contributed by atoms with Gasteiger partial charge in [0.05, 0.1) is 52.2 Å². The molecule has 0 atom stereocenters. The van der Waals surface area contributed by atoms with Gasteiger partial charge in [0.15, 0.2) is 5.60 Å². The summed E-state index contributed by atoms with van der Waals surface area (Å²) >= 11 is 0. The monoisotopic (exact) mass is 580 g/mol. The van der Waals surface area contributed by atoms with E-state index in [-0.39, 0.29) is 23.9 Å². The Labute approximate surface area is 246 Å². The summed E-state index contributed by atoms with van der Waals surface area (Å²) in [7, 11) is 0. The summed E-state index contributed by atoms with van der Waals surface area (Å²) in [6.07, 6.45) is 3.59. The number of nitrogens with zero attached hydrogens (tertiary/aromatic N) is 6. The number of anilines is 1. The molecule has 43 heavy (non-hydrogen) atoms. The number of aromatic nitrogens is 4. The first kappa shape index (κ1) is 26.0. The molecule has 4 aliphatic heterocycles. The minimum atomic E-state index is -1.18. The van der Waals surface area contributed by atoms with Gasteiger partial charge in [0, 0.05) is 19.0 Å². The second-order valence-corrected chi connectivity index (χ2v) is 12.4. The van der Waals surface area contributed by atoms with Crippen LogP contribution in [-0.4, -0.2) is 49.0 Å². The summed E-state index contributed by atoms with van der Waals surface area (Å²) < 4.78 is 25.8. The van der Waals surface area contributed by atoms with Gasteiger partial charge in [-0.2, -0.15) is 0 Å². The van der Waals surface area contributed by atoms with Gasteiger partial charge in [-0.25, -0.2) is 4.39 Å². The van der Waals surface area contributed by atoms with Gasteiger partial charge in [0.1, 0.15) is 11.6 Å². The van der Waals surface area contributed by atoms with Crippen LogP contribution in [0.25, 0.3) is 22.6 Å². The maximum atomic E-state index is 14.1. The third-order valence-electron chi connectivity index (χ3n) is 9.23. The van der Waals surface area contributed by atoms with E-state index in [1.54, 1.807) is 31.7 Å². The topological polar surface area (TPSA) is 115 Å². The SMILES string of the molecule is CCc1nc2c(c(-c3ccc4c(c3)OC(C)(C)C(=O)N4Cc3ccc(F)cn3)c1-c1nnc(C)o1)C(=O)N1CC3CC21C3. The molecule has 1 aromatic carbocycles. The fourth-order valence-electron chi connectivity index (χ4n) is 7.31. The van der Waals surface area contributed by atoms with Crippen LogP contribution in [0.15, 0.2) is 40.9 Å². The minimum Gasteiger partial charge on any atom is -0.476 e. The number of carbonyl (C=O) groups excluding carboxylic acids is 2. The molecule has 4 aromatic rings. The van der Waals surface area contributed by atoms with Gasteiger partial charge < -0.3 is 14.1 Å². The maximum Gasteiger partial charge on any atom is 0.271 e. The average Bonchev–Trinajstić information content (AvgIpc) is 3.72. The third-order valence-corrected chi connectivity index (χ3v) is 9.23. The smallest absolute Gasteiger partial charge is 0.271 e. The zero-order chi connectivity index (χ0) is 29.8. The molecule has 0 N–H and O–H groups in total. The van der Waals surface area contributed by atoms with Crippen LogP contribution >= 0.6 is 0 Å². The number of fused-ring (bicyclic) bond motifs is 2. The van der Waals surface area contributed by atoms with Crippen molar-refractivity contribution in [2.75, 3.05) is 11.4 Å². The highest BCUT2D eigenvalue weighted by Gasteiger charge is 2.65.